The van der Waals surface area contributed by atoms with Crippen LogP contribution in [0.4, 0.5) is 30.6 Å². The zero-order valence-corrected chi connectivity index (χ0v) is 15.3. The molecule has 1 saturated heterocycles. The molecule has 1 aromatic carbocycles. The first kappa shape index (κ1) is 19.5. The number of benzene rings is 1. The highest BCUT2D eigenvalue weighted by Gasteiger charge is 2.35. The summed E-state index contributed by atoms with van der Waals surface area (Å²) in [5, 5.41) is -0.0317. The Kier molecular flexibility index (Phi) is 5.34. The van der Waals surface area contributed by atoms with Crippen molar-refractivity contribution in [2.75, 3.05) is 36.1 Å². The van der Waals surface area contributed by atoms with Gasteiger partial charge in [0.2, 0.25) is 5.95 Å². The Labute approximate surface area is 159 Å². The third-order valence-corrected chi connectivity index (χ3v) is 4.65. The Morgan fingerprint density at radius 1 is 1.22 bits per heavy atom. The maximum atomic E-state index is 13.1. The summed E-state index contributed by atoms with van der Waals surface area (Å²) in [6.07, 6.45) is -3.86. The highest BCUT2D eigenvalue weighted by molar-refractivity contribution is 6.31. The normalized spacial score (nSPS) is 18.4. The van der Waals surface area contributed by atoms with Gasteiger partial charge in [0.25, 0.3) is 0 Å². The molecule has 2 heterocycles. The van der Waals surface area contributed by atoms with E-state index < -0.39 is 17.8 Å². The fraction of sp³-hybridized carbons (Fsp3) is 0.412. The van der Waals surface area contributed by atoms with Crippen molar-refractivity contribution in [2.45, 2.75) is 25.6 Å². The summed E-state index contributed by atoms with van der Waals surface area (Å²) in [5.41, 5.74) is 11.2. The lowest BCUT2D eigenvalue weighted by Gasteiger charge is -2.32. The third kappa shape index (κ3) is 4.19. The number of nitrogen functional groups attached to an aromatic ring is 2. The third-order valence-electron chi connectivity index (χ3n) is 4.33. The lowest BCUT2D eigenvalue weighted by atomic mass is 10.0. The average molecular weight is 402 g/mol. The number of hydrogen-bond donors (Lipinski definition) is 2. The van der Waals surface area contributed by atoms with E-state index in [1.54, 1.807) is 13.0 Å². The SMILES string of the molecule is Cc1cc(N2CCCOCC2c2cc(N)c(C(F)(F)F)cc2Cl)nc(N)n1. The molecule has 1 aliphatic heterocycles. The summed E-state index contributed by atoms with van der Waals surface area (Å²) in [6.45, 7) is 3.10. The van der Waals surface area contributed by atoms with Crippen LogP contribution in [0.1, 0.15) is 29.3 Å². The Morgan fingerprint density at radius 2 is 1.96 bits per heavy atom. The van der Waals surface area contributed by atoms with Crippen molar-refractivity contribution in [3.05, 3.63) is 40.0 Å². The number of halogens is 4. The van der Waals surface area contributed by atoms with Gasteiger partial charge < -0.3 is 21.1 Å². The molecule has 10 heteroatoms. The molecule has 1 aromatic heterocycles. The molecule has 1 atom stereocenters. The number of aromatic nitrogens is 2. The summed E-state index contributed by atoms with van der Waals surface area (Å²) in [6, 6.07) is 3.41. The van der Waals surface area contributed by atoms with Crippen LogP contribution < -0.4 is 16.4 Å². The van der Waals surface area contributed by atoms with Crippen molar-refractivity contribution in [1.82, 2.24) is 9.97 Å². The van der Waals surface area contributed by atoms with E-state index in [2.05, 4.69) is 9.97 Å². The quantitative estimate of drug-likeness (QED) is 0.747. The van der Waals surface area contributed by atoms with Crippen molar-refractivity contribution in [2.24, 2.45) is 0 Å². The number of nitrogens with two attached hydrogens (primary N) is 2. The molecule has 3 rings (SSSR count). The van der Waals surface area contributed by atoms with Crippen LogP contribution in [0.2, 0.25) is 5.02 Å². The zero-order valence-electron chi connectivity index (χ0n) is 14.6. The average Bonchev–Trinajstić information content (AvgIpc) is 2.80. The molecule has 1 unspecified atom stereocenters. The Balaban J connectivity index is 2.07. The minimum Gasteiger partial charge on any atom is -0.398 e. The molecule has 27 heavy (non-hydrogen) atoms. The molecule has 6 nitrogen and oxygen atoms in total. The molecule has 0 saturated carbocycles. The summed E-state index contributed by atoms with van der Waals surface area (Å²) in [5.74, 6) is 0.678. The smallest absolute Gasteiger partial charge is 0.398 e. The summed E-state index contributed by atoms with van der Waals surface area (Å²) >= 11 is 6.21. The van der Waals surface area contributed by atoms with Crippen molar-refractivity contribution < 1.29 is 17.9 Å². The second-order valence-electron chi connectivity index (χ2n) is 6.32. The van der Waals surface area contributed by atoms with E-state index >= 15 is 0 Å². The summed E-state index contributed by atoms with van der Waals surface area (Å²) < 4.78 is 44.9. The first-order valence-electron chi connectivity index (χ1n) is 8.28. The molecule has 1 fully saturated rings. The van der Waals surface area contributed by atoms with Gasteiger partial charge in [0, 0.05) is 35.6 Å². The highest BCUT2D eigenvalue weighted by Crippen LogP contribution is 2.40. The van der Waals surface area contributed by atoms with Crippen molar-refractivity contribution in [3.8, 4) is 0 Å². The monoisotopic (exact) mass is 401 g/mol. The van der Waals surface area contributed by atoms with E-state index in [-0.39, 0.29) is 23.3 Å². The first-order chi connectivity index (χ1) is 12.7. The van der Waals surface area contributed by atoms with E-state index in [9.17, 15) is 13.2 Å². The number of anilines is 3. The predicted molar refractivity (Wildman–Crippen MR) is 97.6 cm³/mol. The predicted octanol–water partition coefficient (Wildman–Crippen LogP) is 3.59. The van der Waals surface area contributed by atoms with Gasteiger partial charge in [-0.3, -0.25) is 0 Å². The fourth-order valence-corrected chi connectivity index (χ4v) is 3.43. The van der Waals surface area contributed by atoms with E-state index in [1.165, 1.54) is 6.07 Å². The van der Waals surface area contributed by atoms with Crippen LogP contribution in [0.5, 0.6) is 0 Å². The van der Waals surface area contributed by atoms with Crippen LogP contribution in [0.25, 0.3) is 0 Å². The van der Waals surface area contributed by atoms with Gasteiger partial charge in [-0.25, -0.2) is 4.98 Å². The molecule has 0 bridgehead atoms. The van der Waals surface area contributed by atoms with Crippen LogP contribution in [0.15, 0.2) is 18.2 Å². The molecular formula is C17H19ClF3N5O. The number of rotatable bonds is 2. The van der Waals surface area contributed by atoms with Crippen LogP contribution in [-0.2, 0) is 10.9 Å². The molecule has 1 aliphatic rings. The Hall–Kier alpha value is -2.26. The van der Waals surface area contributed by atoms with Gasteiger partial charge in [0.1, 0.15) is 5.82 Å². The van der Waals surface area contributed by atoms with Crippen LogP contribution in [0.3, 0.4) is 0 Å². The summed E-state index contributed by atoms with van der Waals surface area (Å²) in [4.78, 5) is 10.2. The van der Waals surface area contributed by atoms with Crippen molar-refractivity contribution in [1.29, 1.82) is 0 Å². The fourth-order valence-electron chi connectivity index (χ4n) is 3.14. The largest absolute Gasteiger partial charge is 0.418 e. The molecule has 0 amide bonds. The number of aryl methyl sites for hydroxylation is 1. The van der Waals surface area contributed by atoms with Gasteiger partial charge in [0.15, 0.2) is 0 Å². The maximum Gasteiger partial charge on any atom is 0.418 e. The van der Waals surface area contributed by atoms with Gasteiger partial charge in [-0.1, -0.05) is 11.6 Å². The van der Waals surface area contributed by atoms with Gasteiger partial charge in [-0.15, -0.1) is 0 Å². The number of hydrogen-bond acceptors (Lipinski definition) is 6. The van der Waals surface area contributed by atoms with Gasteiger partial charge in [0.05, 0.1) is 18.2 Å². The lowest BCUT2D eigenvalue weighted by molar-refractivity contribution is -0.136. The van der Waals surface area contributed by atoms with Crippen molar-refractivity contribution in [3.63, 3.8) is 0 Å². The van der Waals surface area contributed by atoms with E-state index in [1.807, 2.05) is 4.90 Å². The Bertz CT molecular complexity index is 826. The van der Waals surface area contributed by atoms with E-state index in [0.717, 1.165) is 6.07 Å². The molecule has 0 radical (unpaired) electrons. The highest BCUT2D eigenvalue weighted by atomic mass is 35.5. The minimum atomic E-state index is -4.58. The number of nitrogens with zero attached hydrogens (tertiary/aromatic N) is 3. The Morgan fingerprint density at radius 3 is 2.63 bits per heavy atom. The van der Waals surface area contributed by atoms with Crippen LogP contribution in [-0.4, -0.2) is 29.7 Å². The standard InChI is InChI=1S/C17H19ClF3N5O/c1-9-5-15(25-16(23)24-9)26-3-2-4-27-8-14(26)10-6-13(22)11(7-12(10)18)17(19,20)21/h5-7,14H,2-4,8,22H2,1H3,(H2,23,24,25). The number of ether oxygens (including phenoxy) is 1. The molecule has 0 aliphatic carbocycles. The second kappa shape index (κ2) is 7.40. The van der Waals surface area contributed by atoms with Crippen LogP contribution >= 0.6 is 11.6 Å². The summed E-state index contributed by atoms with van der Waals surface area (Å²) in [7, 11) is 0. The molecule has 0 spiro atoms. The topological polar surface area (TPSA) is 90.3 Å². The van der Waals surface area contributed by atoms with Crippen LogP contribution in [0, 0.1) is 6.92 Å². The maximum absolute atomic E-state index is 13.1. The van der Waals surface area contributed by atoms with E-state index in [4.69, 9.17) is 27.8 Å². The molecule has 4 N–H and O–H groups in total. The zero-order chi connectivity index (χ0) is 19.8. The molecule has 2 aromatic rings. The second-order valence-corrected chi connectivity index (χ2v) is 6.73. The first-order valence-corrected chi connectivity index (χ1v) is 8.66. The number of alkyl halides is 3. The van der Waals surface area contributed by atoms with Crippen molar-refractivity contribution >= 4 is 29.1 Å². The lowest BCUT2D eigenvalue weighted by Crippen LogP contribution is -2.32. The van der Waals surface area contributed by atoms with E-state index in [0.29, 0.717) is 36.6 Å². The van der Waals surface area contributed by atoms with Gasteiger partial charge >= 0.3 is 6.18 Å². The van der Waals surface area contributed by atoms with Gasteiger partial charge in [-0.2, -0.15) is 18.2 Å². The molecule has 146 valence electrons. The molecular weight excluding hydrogens is 383 g/mol. The van der Waals surface area contributed by atoms with Gasteiger partial charge in [-0.05, 0) is 31.0 Å². The minimum absolute atomic E-state index is 0.0317.